The number of aliphatic carboxylic acids is 1. The number of nitrogens with zero attached hydrogens (tertiary/aromatic N) is 2. The Kier molecular flexibility index (Phi) is 4.57. The number of rotatable bonds is 5. The average molecular weight is 313 g/mol. The summed E-state index contributed by atoms with van der Waals surface area (Å²) in [4.78, 5) is 15.0. The smallest absolute Gasteiger partial charge is 0.313 e. The van der Waals surface area contributed by atoms with E-state index < -0.39 is 5.97 Å². The van der Waals surface area contributed by atoms with Crippen LogP contribution in [-0.2, 0) is 4.79 Å². The molecule has 1 N–H and O–H groups in total. The van der Waals surface area contributed by atoms with Crippen molar-refractivity contribution in [3.8, 4) is 11.4 Å². The van der Waals surface area contributed by atoms with Gasteiger partial charge in [0.1, 0.15) is 5.75 Å². The number of hydrogen-bond donors (Lipinski definition) is 1. The SMILES string of the molecule is COc1ccc(Cl)cc1-n1cc(C)nc1SCC(=O)O. The highest BCUT2D eigenvalue weighted by molar-refractivity contribution is 7.99. The summed E-state index contributed by atoms with van der Waals surface area (Å²) in [6.45, 7) is 1.85. The molecule has 2 rings (SSSR count). The summed E-state index contributed by atoms with van der Waals surface area (Å²) in [7, 11) is 1.57. The molecule has 1 aromatic heterocycles. The Morgan fingerprint density at radius 3 is 2.95 bits per heavy atom. The minimum Gasteiger partial charge on any atom is -0.495 e. The summed E-state index contributed by atoms with van der Waals surface area (Å²) in [5, 5.41) is 9.94. The molecule has 0 aliphatic heterocycles. The molecule has 0 saturated heterocycles. The average Bonchev–Trinajstić information content (AvgIpc) is 2.77. The second-order valence-corrected chi connectivity index (χ2v) is 5.41. The van der Waals surface area contributed by atoms with E-state index in [1.165, 1.54) is 0 Å². The molecule has 7 heteroatoms. The molecule has 0 unspecified atom stereocenters. The minimum atomic E-state index is -0.889. The summed E-state index contributed by atoms with van der Waals surface area (Å²) in [5.74, 6) is -0.302. The lowest BCUT2D eigenvalue weighted by Crippen LogP contribution is -2.02. The van der Waals surface area contributed by atoms with Gasteiger partial charge in [0.25, 0.3) is 0 Å². The molecule has 1 heterocycles. The Bertz CT molecular complexity index is 643. The van der Waals surface area contributed by atoms with Gasteiger partial charge in [-0.15, -0.1) is 0 Å². The Hall–Kier alpha value is -1.66. The molecule has 0 spiro atoms. The van der Waals surface area contributed by atoms with Gasteiger partial charge in [-0.25, -0.2) is 4.98 Å². The Balaban J connectivity index is 2.46. The van der Waals surface area contributed by atoms with Crippen molar-refractivity contribution in [2.24, 2.45) is 0 Å². The van der Waals surface area contributed by atoms with Crippen LogP contribution in [0.4, 0.5) is 0 Å². The van der Waals surface area contributed by atoms with Gasteiger partial charge in [-0.05, 0) is 25.1 Å². The van der Waals surface area contributed by atoms with E-state index in [0.29, 0.717) is 15.9 Å². The summed E-state index contributed by atoms with van der Waals surface area (Å²) in [6.07, 6.45) is 1.82. The van der Waals surface area contributed by atoms with Crippen LogP contribution in [0.25, 0.3) is 5.69 Å². The van der Waals surface area contributed by atoms with E-state index in [9.17, 15) is 4.79 Å². The first kappa shape index (κ1) is 14.7. The normalized spacial score (nSPS) is 10.6. The third-order valence-electron chi connectivity index (χ3n) is 2.52. The van der Waals surface area contributed by atoms with Crippen LogP contribution in [-0.4, -0.2) is 33.5 Å². The van der Waals surface area contributed by atoms with E-state index in [1.807, 2.05) is 13.1 Å². The third kappa shape index (κ3) is 3.26. The molecular weight excluding hydrogens is 300 g/mol. The Labute approximate surface area is 125 Å². The zero-order chi connectivity index (χ0) is 14.7. The number of hydrogen-bond acceptors (Lipinski definition) is 4. The van der Waals surface area contributed by atoms with E-state index in [0.717, 1.165) is 23.1 Å². The van der Waals surface area contributed by atoms with Gasteiger partial charge in [-0.2, -0.15) is 0 Å². The number of aromatic nitrogens is 2. The maximum atomic E-state index is 10.7. The van der Waals surface area contributed by atoms with Crippen molar-refractivity contribution in [3.05, 3.63) is 35.1 Å². The molecule has 0 aliphatic rings. The van der Waals surface area contributed by atoms with Gasteiger partial charge < -0.3 is 9.84 Å². The Morgan fingerprint density at radius 2 is 2.30 bits per heavy atom. The lowest BCUT2D eigenvalue weighted by atomic mass is 10.3. The predicted octanol–water partition coefficient (Wildman–Crippen LogP) is 3.02. The maximum Gasteiger partial charge on any atom is 0.313 e. The fourth-order valence-corrected chi connectivity index (χ4v) is 2.65. The van der Waals surface area contributed by atoms with Crippen LogP contribution in [0, 0.1) is 6.92 Å². The lowest BCUT2D eigenvalue weighted by molar-refractivity contribution is -0.133. The lowest BCUT2D eigenvalue weighted by Gasteiger charge is -2.11. The van der Waals surface area contributed by atoms with Crippen LogP contribution >= 0.6 is 23.4 Å². The molecule has 20 heavy (non-hydrogen) atoms. The summed E-state index contributed by atoms with van der Waals surface area (Å²) in [5.41, 5.74) is 1.52. The van der Waals surface area contributed by atoms with Crippen molar-refractivity contribution < 1.29 is 14.6 Å². The number of ether oxygens (including phenoxy) is 1. The number of aryl methyl sites for hydroxylation is 1. The number of carboxylic acids is 1. The zero-order valence-corrected chi connectivity index (χ0v) is 12.5. The number of imidazole rings is 1. The second kappa shape index (κ2) is 6.19. The molecule has 0 bridgehead atoms. The van der Waals surface area contributed by atoms with Gasteiger partial charge >= 0.3 is 5.97 Å². The van der Waals surface area contributed by atoms with Crippen LogP contribution < -0.4 is 4.74 Å². The largest absolute Gasteiger partial charge is 0.495 e. The maximum absolute atomic E-state index is 10.7. The van der Waals surface area contributed by atoms with E-state index >= 15 is 0 Å². The number of carboxylic acid groups (broad SMARTS) is 1. The molecule has 0 atom stereocenters. The topological polar surface area (TPSA) is 64.4 Å². The molecule has 2 aromatic rings. The van der Waals surface area contributed by atoms with E-state index in [1.54, 1.807) is 29.9 Å². The van der Waals surface area contributed by atoms with Crippen molar-refractivity contribution in [1.29, 1.82) is 0 Å². The van der Waals surface area contributed by atoms with E-state index in [-0.39, 0.29) is 5.75 Å². The standard InChI is InChI=1S/C13H13ClN2O3S/c1-8-6-16(13(15-8)20-7-12(17)18)10-5-9(14)3-4-11(10)19-2/h3-6H,7H2,1-2H3,(H,17,18). The van der Waals surface area contributed by atoms with Gasteiger partial charge in [-0.3, -0.25) is 9.36 Å². The highest BCUT2D eigenvalue weighted by atomic mass is 35.5. The molecule has 0 saturated carbocycles. The molecule has 0 aliphatic carbocycles. The zero-order valence-electron chi connectivity index (χ0n) is 11.0. The van der Waals surface area contributed by atoms with Gasteiger partial charge in [0, 0.05) is 11.2 Å². The number of benzene rings is 1. The number of carbonyl (C=O) groups is 1. The van der Waals surface area contributed by atoms with Gasteiger partial charge in [0.2, 0.25) is 0 Å². The van der Waals surface area contributed by atoms with Crippen molar-refractivity contribution in [2.75, 3.05) is 12.9 Å². The monoisotopic (exact) mass is 312 g/mol. The molecule has 106 valence electrons. The minimum absolute atomic E-state index is 0.0562. The molecule has 1 aromatic carbocycles. The van der Waals surface area contributed by atoms with Crippen LogP contribution in [0.5, 0.6) is 5.75 Å². The first-order valence-electron chi connectivity index (χ1n) is 5.75. The molecule has 5 nitrogen and oxygen atoms in total. The third-order valence-corrected chi connectivity index (χ3v) is 3.69. The second-order valence-electron chi connectivity index (χ2n) is 4.03. The Morgan fingerprint density at radius 1 is 1.55 bits per heavy atom. The number of halogens is 1. The van der Waals surface area contributed by atoms with E-state index in [2.05, 4.69) is 4.98 Å². The highest BCUT2D eigenvalue weighted by Gasteiger charge is 2.14. The molecule has 0 amide bonds. The first-order chi connectivity index (χ1) is 9.51. The van der Waals surface area contributed by atoms with Crippen LogP contribution in [0.3, 0.4) is 0 Å². The number of thioether (sulfide) groups is 1. The number of methoxy groups -OCH3 is 1. The molecule has 0 radical (unpaired) electrons. The first-order valence-corrected chi connectivity index (χ1v) is 7.12. The van der Waals surface area contributed by atoms with Crippen LogP contribution in [0.15, 0.2) is 29.6 Å². The summed E-state index contributed by atoms with van der Waals surface area (Å²) in [6, 6.07) is 5.25. The fourth-order valence-electron chi connectivity index (χ4n) is 1.73. The molecular formula is C13H13ClN2O3S. The van der Waals surface area contributed by atoms with Gasteiger partial charge in [-0.1, -0.05) is 23.4 Å². The van der Waals surface area contributed by atoms with Gasteiger partial charge in [0.05, 0.1) is 24.2 Å². The van der Waals surface area contributed by atoms with Crippen molar-refractivity contribution in [3.63, 3.8) is 0 Å². The summed E-state index contributed by atoms with van der Waals surface area (Å²) >= 11 is 7.17. The predicted molar refractivity (Wildman–Crippen MR) is 78.2 cm³/mol. The quantitative estimate of drug-likeness (QED) is 0.860. The van der Waals surface area contributed by atoms with Gasteiger partial charge in [0.15, 0.2) is 5.16 Å². The fraction of sp³-hybridized carbons (Fsp3) is 0.231. The highest BCUT2D eigenvalue weighted by Crippen LogP contribution is 2.30. The summed E-state index contributed by atoms with van der Waals surface area (Å²) < 4.78 is 7.10. The van der Waals surface area contributed by atoms with Crippen LogP contribution in [0.1, 0.15) is 5.69 Å². The van der Waals surface area contributed by atoms with Crippen molar-refractivity contribution in [1.82, 2.24) is 9.55 Å². The van der Waals surface area contributed by atoms with E-state index in [4.69, 9.17) is 21.4 Å². The molecule has 0 fully saturated rings. The van der Waals surface area contributed by atoms with Crippen LogP contribution in [0.2, 0.25) is 5.02 Å². The van der Waals surface area contributed by atoms with Crippen molar-refractivity contribution >= 4 is 29.3 Å². The van der Waals surface area contributed by atoms with Crippen molar-refractivity contribution in [2.45, 2.75) is 12.1 Å².